The quantitative estimate of drug-likeness (QED) is 0.378. The molecule has 0 saturated carbocycles. The van der Waals surface area contributed by atoms with E-state index in [-0.39, 0.29) is 0 Å². The van der Waals surface area contributed by atoms with Crippen molar-refractivity contribution in [3.63, 3.8) is 0 Å². The van der Waals surface area contributed by atoms with E-state index in [9.17, 15) is 0 Å². The van der Waals surface area contributed by atoms with Crippen LogP contribution in [0.2, 0.25) is 0 Å². The lowest BCUT2D eigenvalue weighted by Gasteiger charge is -2.00. The van der Waals surface area contributed by atoms with Gasteiger partial charge in [0.25, 0.3) is 0 Å². The van der Waals surface area contributed by atoms with Crippen LogP contribution in [0.15, 0.2) is 9.98 Å². The molecule has 0 aliphatic heterocycles. The molecule has 0 aliphatic rings. The van der Waals surface area contributed by atoms with Gasteiger partial charge in [-0.3, -0.25) is 4.99 Å². The van der Waals surface area contributed by atoms with Gasteiger partial charge in [0, 0.05) is 19.2 Å². The fourth-order valence-electron chi connectivity index (χ4n) is 0.597. The summed E-state index contributed by atoms with van der Waals surface area (Å²) in [5, 5.41) is 0. The van der Waals surface area contributed by atoms with Gasteiger partial charge in [0.15, 0.2) is 0 Å². The summed E-state index contributed by atoms with van der Waals surface area (Å²) in [5.41, 5.74) is 0. The molecule has 0 fully saturated rings. The van der Waals surface area contributed by atoms with Gasteiger partial charge < -0.3 is 0 Å². The molecule has 0 N–H and O–H groups in total. The van der Waals surface area contributed by atoms with Gasteiger partial charge in [-0.15, -0.1) is 0 Å². The summed E-state index contributed by atoms with van der Waals surface area (Å²) in [4.78, 5) is 8.06. The number of rotatable bonds is 1. The fourth-order valence-corrected chi connectivity index (χ4v) is 0.597. The monoisotopic (exact) mass is 126 g/mol. The molecular formula is C7H14N2. The van der Waals surface area contributed by atoms with Crippen molar-refractivity contribution in [2.24, 2.45) is 15.9 Å². The molecule has 9 heavy (non-hydrogen) atoms. The predicted molar refractivity (Wildman–Crippen MR) is 42.4 cm³/mol. The molecule has 52 valence electrons. The lowest BCUT2D eigenvalue weighted by Crippen LogP contribution is -2.03. The first-order valence-corrected chi connectivity index (χ1v) is 3.17. The average Bonchev–Trinajstić information content (AvgIpc) is 1.82. The van der Waals surface area contributed by atoms with Crippen molar-refractivity contribution in [3.8, 4) is 0 Å². The van der Waals surface area contributed by atoms with Crippen LogP contribution in [0.25, 0.3) is 0 Å². The SMILES string of the molecule is C/C=N/C(=N\C)C(C)C. The van der Waals surface area contributed by atoms with Crippen LogP contribution in [0.5, 0.6) is 0 Å². The second-order valence-electron chi connectivity index (χ2n) is 2.12. The van der Waals surface area contributed by atoms with Crippen molar-refractivity contribution in [3.05, 3.63) is 0 Å². The van der Waals surface area contributed by atoms with Crippen LogP contribution in [-0.2, 0) is 0 Å². The molecule has 0 atom stereocenters. The van der Waals surface area contributed by atoms with Gasteiger partial charge in [-0.25, -0.2) is 4.99 Å². The van der Waals surface area contributed by atoms with Crippen LogP contribution in [0, 0.1) is 5.92 Å². The van der Waals surface area contributed by atoms with Crippen molar-refractivity contribution in [1.82, 2.24) is 0 Å². The fraction of sp³-hybridized carbons (Fsp3) is 0.714. The van der Waals surface area contributed by atoms with E-state index < -0.39 is 0 Å². The second-order valence-corrected chi connectivity index (χ2v) is 2.12. The molecule has 2 nitrogen and oxygen atoms in total. The van der Waals surface area contributed by atoms with Gasteiger partial charge in [-0.05, 0) is 6.92 Å². The van der Waals surface area contributed by atoms with Crippen LogP contribution < -0.4 is 0 Å². The van der Waals surface area contributed by atoms with E-state index in [1.807, 2.05) is 6.92 Å². The summed E-state index contributed by atoms with van der Waals surface area (Å²) in [6.07, 6.45) is 1.77. The highest BCUT2D eigenvalue weighted by molar-refractivity contribution is 5.90. The molecule has 0 aromatic carbocycles. The molecule has 0 aromatic heterocycles. The molecule has 0 radical (unpaired) electrons. The molecule has 0 aromatic rings. The number of nitrogens with zero attached hydrogens (tertiary/aromatic N) is 2. The molecule has 0 aliphatic carbocycles. The first-order chi connectivity index (χ1) is 4.22. The van der Waals surface area contributed by atoms with Crippen LogP contribution in [0.3, 0.4) is 0 Å². The van der Waals surface area contributed by atoms with E-state index in [2.05, 4.69) is 23.8 Å². The number of amidine groups is 1. The van der Waals surface area contributed by atoms with E-state index in [0.717, 1.165) is 5.84 Å². The Hall–Kier alpha value is -0.660. The van der Waals surface area contributed by atoms with Gasteiger partial charge in [0.1, 0.15) is 5.84 Å². The van der Waals surface area contributed by atoms with Gasteiger partial charge in [-0.2, -0.15) is 0 Å². The van der Waals surface area contributed by atoms with E-state index in [4.69, 9.17) is 0 Å². The third-order valence-electron chi connectivity index (χ3n) is 1.01. The van der Waals surface area contributed by atoms with E-state index in [1.54, 1.807) is 13.3 Å². The molecule has 0 unspecified atom stereocenters. The minimum absolute atomic E-state index is 0.436. The summed E-state index contributed by atoms with van der Waals surface area (Å²) >= 11 is 0. The van der Waals surface area contributed by atoms with Crippen molar-refractivity contribution < 1.29 is 0 Å². The normalized spacial score (nSPS) is 13.7. The van der Waals surface area contributed by atoms with Crippen molar-refractivity contribution in [1.29, 1.82) is 0 Å². The minimum atomic E-state index is 0.436. The average molecular weight is 126 g/mol. The topological polar surface area (TPSA) is 24.7 Å². The van der Waals surface area contributed by atoms with E-state index in [0.29, 0.717) is 5.92 Å². The van der Waals surface area contributed by atoms with Crippen LogP contribution in [0.1, 0.15) is 20.8 Å². The smallest absolute Gasteiger partial charge is 0.125 e. The van der Waals surface area contributed by atoms with E-state index in [1.165, 1.54) is 0 Å². The summed E-state index contributed by atoms with van der Waals surface area (Å²) in [7, 11) is 1.77. The molecule has 0 bridgehead atoms. The zero-order valence-electron chi connectivity index (χ0n) is 6.55. The Balaban J connectivity index is 4.01. The van der Waals surface area contributed by atoms with Crippen molar-refractivity contribution >= 4 is 12.1 Å². The largest absolute Gasteiger partial charge is 0.274 e. The molecule has 0 heterocycles. The maximum atomic E-state index is 4.07. The van der Waals surface area contributed by atoms with Crippen LogP contribution in [0.4, 0.5) is 0 Å². The third-order valence-corrected chi connectivity index (χ3v) is 1.01. The Morgan fingerprint density at radius 3 is 2.11 bits per heavy atom. The number of hydrogen-bond donors (Lipinski definition) is 0. The maximum absolute atomic E-state index is 4.07. The Kier molecular flexibility index (Phi) is 3.93. The second kappa shape index (κ2) is 4.24. The Bertz CT molecular complexity index is 123. The first-order valence-electron chi connectivity index (χ1n) is 3.17. The van der Waals surface area contributed by atoms with Gasteiger partial charge in [0.05, 0.1) is 0 Å². The highest BCUT2D eigenvalue weighted by Crippen LogP contribution is 1.96. The van der Waals surface area contributed by atoms with Gasteiger partial charge in [0.2, 0.25) is 0 Å². The molecule has 0 spiro atoms. The van der Waals surface area contributed by atoms with Crippen molar-refractivity contribution in [2.45, 2.75) is 20.8 Å². The molecule has 2 heteroatoms. The van der Waals surface area contributed by atoms with Crippen molar-refractivity contribution in [2.75, 3.05) is 7.05 Å². The minimum Gasteiger partial charge on any atom is -0.274 e. The Morgan fingerprint density at radius 2 is 2.00 bits per heavy atom. The maximum Gasteiger partial charge on any atom is 0.125 e. The predicted octanol–water partition coefficient (Wildman–Crippen LogP) is 1.76. The lowest BCUT2D eigenvalue weighted by molar-refractivity contribution is 0.870. The zero-order valence-corrected chi connectivity index (χ0v) is 6.55. The van der Waals surface area contributed by atoms with Gasteiger partial charge >= 0.3 is 0 Å². The molecular weight excluding hydrogens is 112 g/mol. The zero-order chi connectivity index (χ0) is 7.28. The Labute approximate surface area is 56.7 Å². The van der Waals surface area contributed by atoms with Gasteiger partial charge in [-0.1, -0.05) is 13.8 Å². The highest BCUT2D eigenvalue weighted by Gasteiger charge is 1.98. The Morgan fingerprint density at radius 1 is 1.44 bits per heavy atom. The molecule has 0 amide bonds. The first kappa shape index (κ1) is 8.34. The molecule has 0 saturated heterocycles. The third kappa shape index (κ3) is 3.01. The lowest BCUT2D eigenvalue weighted by atomic mass is 10.2. The standard InChI is InChI=1S/C7H14N2/c1-5-9-7(8-4)6(2)3/h5-6H,1-4H3/b8-7-,9-5+. The van der Waals surface area contributed by atoms with Crippen LogP contribution >= 0.6 is 0 Å². The van der Waals surface area contributed by atoms with E-state index >= 15 is 0 Å². The number of aliphatic imine (C=N–C) groups is 2. The number of hydrogen-bond acceptors (Lipinski definition) is 1. The molecule has 0 rings (SSSR count). The summed E-state index contributed by atoms with van der Waals surface area (Å²) in [5.74, 6) is 1.35. The summed E-state index contributed by atoms with van der Waals surface area (Å²) in [6, 6.07) is 0. The highest BCUT2D eigenvalue weighted by atomic mass is 14.9. The summed E-state index contributed by atoms with van der Waals surface area (Å²) in [6.45, 7) is 6.05. The van der Waals surface area contributed by atoms with Crippen LogP contribution in [-0.4, -0.2) is 19.1 Å². The summed E-state index contributed by atoms with van der Waals surface area (Å²) < 4.78 is 0.